The summed E-state index contributed by atoms with van der Waals surface area (Å²) >= 11 is 1.80. The Kier molecular flexibility index (Phi) is 6.62. The van der Waals surface area contributed by atoms with Crippen molar-refractivity contribution in [3.8, 4) is 0 Å². The highest BCUT2D eigenvalue weighted by Gasteiger charge is 2.40. The molecule has 3 aliphatic rings. The number of urea groups is 1. The van der Waals surface area contributed by atoms with Crippen molar-refractivity contribution in [3.05, 3.63) is 23.8 Å². The van der Waals surface area contributed by atoms with Crippen molar-refractivity contribution in [3.63, 3.8) is 0 Å². The van der Waals surface area contributed by atoms with Crippen molar-refractivity contribution in [2.24, 2.45) is 17.8 Å². The van der Waals surface area contributed by atoms with Gasteiger partial charge in [0, 0.05) is 43.6 Å². The van der Waals surface area contributed by atoms with E-state index in [-0.39, 0.29) is 30.9 Å². The highest BCUT2D eigenvalue weighted by molar-refractivity contribution is 7.99. The van der Waals surface area contributed by atoms with E-state index >= 15 is 0 Å². The molecule has 0 aromatic rings. The molecule has 3 rings (SSSR count). The average Bonchev–Trinajstić information content (AvgIpc) is 2.72. The maximum absolute atomic E-state index is 12.9. The molecule has 3 atom stereocenters. The summed E-state index contributed by atoms with van der Waals surface area (Å²) in [5.74, 6) is -0.732. The largest absolute Gasteiger partial charge is 0.469 e. The third-order valence-corrected chi connectivity index (χ3v) is 6.50. The Morgan fingerprint density at radius 3 is 2.46 bits per heavy atom. The van der Waals surface area contributed by atoms with Gasteiger partial charge in [0.15, 0.2) is 0 Å². The Hall–Kier alpha value is -1.64. The van der Waals surface area contributed by atoms with Crippen molar-refractivity contribution in [2.75, 3.05) is 44.8 Å². The van der Waals surface area contributed by atoms with Gasteiger partial charge in [0.1, 0.15) is 0 Å². The number of alkyl halides is 3. The van der Waals surface area contributed by atoms with Crippen molar-refractivity contribution < 1.29 is 27.5 Å². The number of hydrogen-bond acceptors (Lipinski definition) is 4. The number of thioether (sulfide) groups is 1. The molecule has 0 N–H and O–H groups in total. The minimum absolute atomic E-state index is 0.104. The second-order valence-corrected chi connectivity index (χ2v) is 8.61. The molecule has 0 aromatic heterocycles. The van der Waals surface area contributed by atoms with E-state index < -0.39 is 18.0 Å². The van der Waals surface area contributed by atoms with Gasteiger partial charge in [0.05, 0.1) is 18.9 Å². The molecule has 1 aliphatic carbocycles. The first-order valence-corrected chi connectivity index (χ1v) is 10.6. The Balaban J connectivity index is 1.73. The lowest BCUT2D eigenvalue weighted by molar-refractivity contribution is -0.160. The SMILES string of the molecule is COC(=O)C1CC(C2=CCC(C(F)(F)F)C=C2)CN(C(=O)N2CCSCC2)C1. The molecule has 2 saturated heterocycles. The van der Waals surface area contributed by atoms with Gasteiger partial charge in [-0.15, -0.1) is 0 Å². The zero-order valence-electron chi connectivity index (χ0n) is 15.8. The molecule has 0 radical (unpaired) electrons. The number of nitrogens with zero attached hydrogens (tertiary/aromatic N) is 2. The first-order chi connectivity index (χ1) is 13.3. The number of amides is 2. The Morgan fingerprint density at radius 1 is 1.18 bits per heavy atom. The summed E-state index contributed by atoms with van der Waals surface area (Å²) in [5.41, 5.74) is 0.765. The third-order valence-electron chi connectivity index (χ3n) is 5.56. The van der Waals surface area contributed by atoms with Crippen LogP contribution in [0.5, 0.6) is 0 Å². The summed E-state index contributed by atoms with van der Waals surface area (Å²) in [6.07, 6.45) is 0.402. The number of halogens is 3. The van der Waals surface area contributed by atoms with Crippen LogP contribution in [-0.2, 0) is 9.53 Å². The van der Waals surface area contributed by atoms with Gasteiger partial charge in [-0.3, -0.25) is 4.79 Å². The first-order valence-electron chi connectivity index (χ1n) is 9.44. The molecule has 0 aromatic carbocycles. The number of allylic oxidation sites excluding steroid dienone is 3. The molecule has 9 heteroatoms. The van der Waals surface area contributed by atoms with Crippen LogP contribution in [0.25, 0.3) is 0 Å². The summed E-state index contributed by atoms with van der Waals surface area (Å²) in [7, 11) is 1.31. The van der Waals surface area contributed by atoms with E-state index in [1.807, 2.05) is 0 Å². The second kappa shape index (κ2) is 8.80. The molecule has 2 fully saturated rings. The van der Waals surface area contributed by atoms with Gasteiger partial charge in [0.25, 0.3) is 0 Å². The van der Waals surface area contributed by atoms with Crippen molar-refractivity contribution in [1.29, 1.82) is 0 Å². The normalized spacial score (nSPS) is 28.7. The highest BCUT2D eigenvalue weighted by atomic mass is 32.2. The minimum atomic E-state index is -4.26. The quantitative estimate of drug-likeness (QED) is 0.646. The maximum atomic E-state index is 12.9. The molecular weight excluding hydrogens is 393 g/mol. The van der Waals surface area contributed by atoms with Crippen molar-refractivity contribution in [1.82, 2.24) is 9.80 Å². The number of esters is 1. The highest BCUT2D eigenvalue weighted by Crippen LogP contribution is 2.37. The zero-order chi connectivity index (χ0) is 20.3. The van der Waals surface area contributed by atoms with Gasteiger partial charge in [-0.1, -0.05) is 18.2 Å². The van der Waals surface area contributed by atoms with Crippen LogP contribution in [0.15, 0.2) is 23.8 Å². The number of hydrogen-bond donors (Lipinski definition) is 0. The average molecular weight is 418 g/mol. The summed E-state index contributed by atoms with van der Waals surface area (Å²) in [6.45, 7) is 2.03. The number of carbonyl (C=O) groups excluding carboxylic acids is 2. The van der Waals surface area contributed by atoms with E-state index in [4.69, 9.17) is 4.74 Å². The van der Waals surface area contributed by atoms with E-state index in [2.05, 4.69) is 0 Å². The van der Waals surface area contributed by atoms with E-state index in [0.717, 1.165) is 17.1 Å². The number of methoxy groups -OCH3 is 1. The summed E-state index contributed by atoms with van der Waals surface area (Å²) in [5, 5.41) is 0. The van der Waals surface area contributed by atoms with Gasteiger partial charge in [-0.2, -0.15) is 24.9 Å². The van der Waals surface area contributed by atoms with Crippen LogP contribution in [0, 0.1) is 17.8 Å². The van der Waals surface area contributed by atoms with Crippen LogP contribution < -0.4 is 0 Å². The number of carbonyl (C=O) groups is 2. The first kappa shape index (κ1) is 21.1. The molecule has 0 bridgehead atoms. The molecule has 0 saturated carbocycles. The minimum Gasteiger partial charge on any atom is -0.469 e. The Labute approximate surface area is 166 Å². The number of likely N-dealkylation sites (tertiary alicyclic amines) is 1. The molecule has 0 spiro atoms. The van der Waals surface area contributed by atoms with E-state index in [9.17, 15) is 22.8 Å². The van der Waals surface area contributed by atoms with Crippen LogP contribution >= 0.6 is 11.8 Å². The van der Waals surface area contributed by atoms with Crippen LogP contribution in [-0.4, -0.2) is 72.8 Å². The zero-order valence-corrected chi connectivity index (χ0v) is 16.6. The predicted molar refractivity (Wildman–Crippen MR) is 101 cm³/mol. The molecule has 156 valence electrons. The molecular formula is C19H25F3N2O3S. The maximum Gasteiger partial charge on any atom is 0.395 e. The van der Waals surface area contributed by atoms with Gasteiger partial charge >= 0.3 is 18.2 Å². The number of ether oxygens (including phenoxy) is 1. The topological polar surface area (TPSA) is 49.9 Å². The molecule has 2 heterocycles. The molecule has 2 aliphatic heterocycles. The number of rotatable bonds is 2. The summed E-state index contributed by atoms with van der Waals surface area (Å²) in [4.78, 5) is 28.5. The molecule has 2 amide bonds. The fraction of sp³-hybridized carbons (Fsp3) is 0.684. The van der Waals surface area contributed by atoms with Crippen molar-refractivity contribution in [2.45, 2.75) is 19.0 Å². The molecule has 5 nitrogen and oxygen atoms in total. The van der Waals surface area contributed by atoms with Crippen LogP contribution in [0.1, 0.15) is 12.8 Å². The standard InChI is InChI=1S/C19H25F3N2O3S/c1-27-17(25)15-10-14(13-2-4-16(5-3-13)19(20,21)22)11-24(12-15)18(26)23-6-8-28-9-7-23/h2-4,14-16H,5-12H2,1H3. The molecule has 28 heavy (non-hydrogen) atoms. The summed E-state index contributed by atoms with van der Waals surface area (Å²) in [6, 6.07) is -0.104. The smallest absolute Gasteiger partial charge is 0.395 e. The lowest BCUT2D eigenvalue weighted by atomic mass is 9.81. The van der Waals surface area contributed by atoms with Gasteiger partial charge in [-0.25, -0.2) is 4.79 Å². The number of piperidine rings is 1. The fourth-order valence-corrected chi connectivity index (χ4v) is 4.87. The summed E-state index contributed by atoms with van der Waals surface area (Å²) < 4.78 is 43.6. The molecule has 3 unspecified atom stereocenters. The monoisotopic (exact) mass is 418 g/mol. The second-order valence-electron chi connectivity index (χ2n) is 7.39. The van der Waals surface area contributed by atoms with Crippen LogP contribution in [0.3, 0.4) is 0 Å². The Morgan fingerprint density at radius 2 is 1.89 bits per heavy atom. The van der Waals surface area contributed by atoms with Gasteiger partial charge in [0.2, 0.25) is 0 Å². The van der Waals surface area contributed by atoms with Crippen LogP contribution in [0.4, 0.5) is 18.0 Å². The van der Waals surface area contributed by atoms with Gasteiger partial charge in [-0.05, 0) is 18.4 Å². The predicted octanol–water partition coefficient (Wildman–Crippen LogP) is 3.33. The lowest BCUT2D eigenvalue weighted by Crippen LogP contribution is -2.53. The third kappa shape index (κ3) is 4.85. The fourth-order valence-electron chi connectivity index (χ4n) is 3.97. The van der Waals surface area contributed by atoms with Gasteiger partial charge < -0.3 is 14.5 Å². The van der Waals surface area contributed by atoms with Crippen molar-refractivity contribution >= 4 is 23.8 Å². The Bertz CT molecular complexity index is 659. The van der Waals surface area contributed by atoms with E-state index in [0.29, 0.717) is 26.1 Å². The van der Waals surface area contributed by atoms with E-state index in [1.165, 1.54) is 19.3 Å². The lowest BCUT2D eigenvalue weighted by Gasteiger charge is -2.40. The van der Waals surface area contributed by atoms with E-state index in [1.54, 1.807) is 27.6 Å². The van der Waals surface area contributed by atoms with Crippen LogP contribution in [0.2, 0.25) is 0 Å².